The molecule has 0 radical (unpaired) electrons. The van der Waals surface area contributed by atoms with E-state index in [4.69, 9.17) is 27.6 Å². The Kier molecular flexibility index (Phi) is 5.50. The predicted octanol–water partition coefficient (Wildman–Crippen LogP) is 4.67. The molecule has 1 fully saturated rings. The number of rotatable bonds is 4. The molecule has 0 bridgehead atoms. The van der Waals surface area contributed by atoms with Crippen LogP contribution in [0.25, 0.3) is 10.6 Å². The van der Waals surface area contributed by atoms with Crippen LogP contribution in [0.15, 0.2) is 46.6 Å². The van der Waals surface area contributed by atoms with Crippen molar-refractivity contribution in [2.45, 2.75) is 6.54 Å². The summed E-state index contributed by atoms with van der Waals surface area (Å²) in [4.78, 5) is 21.3. The molecule has 27 heavy (non-hydrogen) atoms. The number of hydrogen-bond acceptors (Lipinski definition) is 5. The van der Waals surface area contributed by atoms with Gasteiger partial charge < -0.3 is 9.32 Å². The molecule has 1 aliphatic rings. The van der Waals surface area contributed by atoms with Crippen LogP contribution in [0.5, 0.6) is 0 Å². The number of thiazole rings is 1. The van der Waals surface area contributed by atoms with E-state index in [2.05, 4.69) is 9.88 Å². The molecule has 3 heterocycles. The summed E-state index contributed by atoms with van der Waals surface area (Å²) in [7, 11) is 0. The molecular formula is C19H17Cl2N3O2S. The number of amides is 1. The lowest BCUT2D eigenvalue weighted by Crippen LogP contribution is -2.48. The largest absolute Gasteiger partial charge is 0.472 e. The number of carbonyl (C=O) groups is 1. The maximum Gasteiger partial charge on any atom is 0.273 e. The molecule has 0 atom stereocenters. The van der Waals surface area contributed by atoms with E-state index in [1.54, 1.807) is 18.6 Å². The summed E-state index contributed by atoms with van der Waals surface area (Å²) < 4.78 is 5.08. The van der Waals surface area contributed by atoms with Crippen LogP contribution in [0.2, 0.25) is 10.0 Å². The van der Waals surface area contributed by atoms with Crippen LogP contribution >= 0.6 is 34.5 Å². The van der Waals surface area contributed by atoms with E-state index >= 15 is 0 Å². The van der Waals surface area contributed by atoms with E-state index in [9.17, 15) is 4.79 Å². The first-order chi connectivity index (χ1) is 13.1. The zero-order valence-corrected chi connectivity index (χ0v) is 16.7. The third-order valence-electron chi connectivity index (χ3n) is 4.58. The average Bonchev–Trinajstić information content (AvgIpc) is 3.37. The molecule has 0 saturated carbocycles. The molecule has 0 spiro atoms. The van der Waals surface area contributed by atoms with E-state index < -0.39 is 0 Å². The normalized spacial score (nSPS) is 15.3. The Morgan fingerprint density at radius 2 is 2.00 bits per heavy atom. The van der Waals surface area contributed by atoms with Gasteiger partial charge in [-0.25, -0.2) is 4.98 Å². The fourth-order valence-electron chi connectivity index (χ4n) is 3.07. The molecular weight excluding hydrogens is 405 g/mol. The predicted molar refractivity (Wildman–Crippen MR) is 107 cm³/mol. The Bertz CT molecular complexity index is 934. The zero-order valence-electron chi connectivity index (χ0n) is 14.4. The molecule has 5 nitrogen and oxygen atoms in total. The molecule has 1 saturated heterocycles. The van der Waals surface area contributed by atoms with Gasteiger partial charge in [0.25, 0.3) is 5.91 Å². The first-order valence-corrected chi connectivity index (χ1v) is 10.2. The van der Waals surface area contributed by atoms with Gasteiger partial charge in [-0.1, -0.05) is 35.3 Å². The minimum Gasteiger partial charge on any atom is -0.472 e. The SMILES string of the molecule is O=C(c1csc(-c2ccoc2)n1)N1CCN(Cc2cccc(Cl)c2Cl)CC1. The van der Waals surface area contributed by atoms with Crippen LogP contribution in [0.3, 0.4) is 0 Å². The summed E-state index contributed by atoms with van der Waals surface area (Å²) in [5.41, 5.74) is 2.39. The monoisotopic (exact) mass is 421 g/mol. The zero-order chi connectivity index (χ0) is 18.8. The lowest BCUT2D eigenvalue weighted by molar-refractivity contribution is 0.0623. The first-order valence-electron chi connectivity index (χ1n) is 8.54. The summed E-state index contributed by atoms with van der Waals surface area (Å²) in [5.74, 6) is -0.0265. The highest BCUT2D eigenvalue weighted by Gasteiger charge is 2.24. The fourth-order valence-corrected chi connectivity index (χ4v) is 4.23. The van der Waals surface area contributed by atoms with Gasteiger partial charge in [-0.2, -0.15) is 0 Å². The van der Waals surface area contributed by atoms with Gasteiger partial charge in [0.15, 0.2) is 0 Å². The minimum atomic E-state index is -0.0265. The highest BCUT2D eigenvalue weighted by Crippen LogP contribution is 2.27. The third kappa shape index (κ3) is 4.04. The summed E-state index contributed by atoms with van der Waals surface area (Å²) in [6, 6.07) is 7.52. The highest BCUT2D eigenvalue weighted by atomic mass is 35.5. The number of hydrogen-bond donors (Lipinski definition) is 0. The van der Waals surface area contributed by atoms with Gasteiger partial charge in [0.2, 0.25) is 0 Å². The van der Waals surface area contributed by atoms with Crippen molar-refractivity contribution < 1.29 is 9.21 Å². The van der Waals surface area contributed by atoms with Gasteiger partial charge in [0, 0.05) is 43.7 Å². The molecule has 4 rings (SSSR count). The van der Waals surface area contributed by atoms with Gasteiger partial charge in [-0.15, -0.1) is 11.3 Å². The molecule has 1 amide bonds. The number of furan rings is 1. The fraction of sp³-hybridized carbons (Fsp3) is 0.263. The van der Waals surface area contributed by atoms with E-state index in [0.717, 1.165) is 35.8 Å². The Labute approximate surface area is 171 Å². The summed E-state index contributed by atoms with van der Waals surface area (Å²) in [6.45, 7) is 3.62. The van der Waals surface area contributed by atoms with E-state index in [-0.39, 0.29) is 5.91 Å². The van der Waals surface area contributed by atoms with E-state index in [1.807, 2.05) is 28.5 Å². The maximum atomic E-state index is 12.7. The highest BCUT2D eigenvalue weighted by molar-refractivity contribution is 7.13. The Hall–Kier alpha value is -1.86. The molecule has 0 aliphatic carbocycles. The van der Waals surface area contributed by atoms with Gasteiger partial charge in [-0.05, 0) is 17.7 Å². The van der Waals surface area contributed by atoms with Crippen LogP contribution in [0, 0.1) is 0 Å². The maximum absolute atomic E-state index is 12.7. The van der Waals surface area contributed by atoms with Crippen LogP contribution in [0.1, 0.15) is 16.1 Å². The van der Waals surface area contributed by atoms with Crippen LogP contribution in [-0.4, -0.2) is 46.9 Å². The van der Waals surface area contributed by atoms with Gasteiger partial charge >= 0.3 is 0 Å². The first kappa shape index (κ1) is 18.5. The molecule has 8 heteroatoms. The number of piperazine rings is 1. The van der Waals surface area contributed by atoms with Crippen LogP contribution in [0.4, 0.5) is 0 Å². The Morgan fingerprint density at radius 1 is 1.19 bits per heavy atom. The number of halogens is 2. The number of aromatic nitrogens is 1. The summed E-state index contributed by atoms with van der Waals surface area (Å²) in [5, 5.41) is 3.77. The van der Waals surface area contributed by atoms with E-state index in [1.165, 1.54) is 11.3 Å². The standard InChI is InChI=1S/C19H17Cl2N3O2S/c20-15-3-1-2-13(17(15)21)10-23-5-7-24(8-6-23)19(25)16-12-27-18(22-16)14-4-9-26-11-14/h1-4,9,11-12H,5-8,10H2. The van der Waals surface area contributed by atoms with Crippen molar-refractivity contribution in [3.8, 4) is 10.6 Å². The minimum absolute atomic E-state index is 0.0265. The summed E-state index contributed by atoms with van der Waals surface area (Å²) >= 11 is 13.8. The van der Waals surface area contributed by atoms with Crippen LogP contribution < -0.4 is 0 Å². The molecule has 3 aromatic rings. The van der Waals surface area contributed by atoms with Crippen molar-refractivity contribution in [1.82, 2.24) is 14.8 Å². The average molecular weight is 422 g/mol. The molecule has 2 aromatic heterocycles. The molecule has 0 unspecified atom stereocenters. The topological polar surface area (TPSA) is 49.6 Å². The summed E-state index contributed by atoms with van der Waals surface area (Å²) in [6.07, 6.45) is 3.23. The van der Waals surface area contributed by atoms with Crippen molar-refractivity contribution in [1.29, 1.82) is 0 Å². The molecule has 140 valence electrons. The smallest absolute Gasteiger partial charge is 0.273 e. The Balaban J connectivity index is 1.36. The molecule has 1 aromatic carbocycles. The lowest BCUT2D eigenvalue weighted by Gasteiger charge is -2.34. The second-order valence-corrected chi connectivity index (χ2v) is 7.97. The van der Waals surface area contributed by atoms with Crippen molar-refractivity contribution in [3.63, 3.8) is 0 Å². The van der Waals surface area contributed by atoms with Gasteiger partial charge in [0.05, 0.1) is 16.3 Å². The second-order valence-electron chi connectivity index (χ2n) is 6.33. The van der Waals surface area contributed by atoms with Crippen molar-refractivity contribution in [2.24, 2.45) is 0 Å². The van der Waals surface area contributed by atoms with Gasteiger partial charge in [0.1, 0.15) is 17.0 Å². The molecule has 0 N–H and O–H groups in total. The second kappa shape index (κ2) is 8.02. The quantitative estimate of drug-likeness (QED) is 0.613. The number of carbonyl (C=O) groups excluding carboxylic acids is 1. The lowest BCUT2D eigenvalue weighted by atomic mass is 10.2. The van der Waals surface area contributed by atoms with Crippen molar-refractivity contribution >= 4 is 40.4 Å². The van der Waals surface area contributed by atoms with Crippen LogP contribution in [-0.2, 0) is 6.54 Å². The van der Waals surface area contributed by atoms with E-state index in [0.29, 0.717) is 28.8 Å². The molecule has 1 aliphatic heterocycles. The number of benzene rings is 1. The third-order valence-corrected chi connectivity index (χ3v) is 6.33. The Morgan fingerprint density at radius 3 is 2.74 bits per heavy atom. The number of nitrogens with zero attached hydrogens (tertiary/aromatic N) is 3. The van der Waals surface area contributed by atoms with Gasteiger partial charge in [-0.3, -0.25) is 9.69 Å². The van der Waals surface area contributed by atoms with Crippen molar-refractivity contribution in [3.05, 3.63) is 63.5 Å². The van der Waals surface area contributed by atoms with Crippen molar-refractivity contribution in [2.75, 3.05) is 26.2 Å².